The molecular formula is C26H26ClFN4O. The van der Waals surface area contributed by atoms with E-state index in [0.717, 1.165) is 27.7 Å². The second-order valence-electron chi connectivity index (χ2n) is 9.16. The van der Waals surface area contributed by atoms with Crippen molar-refractivity contribution < 1.29 is 9.18 Å². The summed E-state index contributed by atoms with van der Waals surface area (Å²) in [5.74, 6) is -0.936. The fraction of sp³-hybridized carbons (Fsp3) is 0.269. The normalized spacial score (nSPS) is 12.7. The Hall–Kier alpha value is -3.25. The molecule has 1 atom stereocenters. The highest BCUT2D eigenvalue weighted by molar-refractivity contribution is 6.30. The van der Waals surface area contributed by atoms with E-state index in [2.05, 4.69) is 31.1 Å². The van der Waals surface area contributed by atoms with Crippen molar-refractivity contribution in [1.82, 2.24) is 20.1 Å². The summed E-state index contributed by atoms with van der Waals surface area (Å²) in [6.45, 7) is 8.36. The van der Waals surface area contributed by atoms with Gasteiger partial charge in [0.2, 0.25) is 5.91 Å². The maximum Gasteiger partial charge on any atom is 0.227 e. The molecule has 33 heavy (non-hydrogen) atoms. The summed E-state index contributed by atoms with van der Waals surface area (Å²) in [4.78, 5) is 17.2. The van der Waals surface area contributed by atoms with E-state index in [4.69, 9.17) is 16.7 Å². The van der Waals surface area contributed by atoms with Gasteiger partial charge in [-0.1, -0.05) is 50.6 Å². The lowest BCUT2D eigenvalue weighted by Crippen LogP contribution is -2.28. The first-order valence-electron chi connectivity index (χ1n) is 10.8. The number of nitrogens with zero attached hydrogens (tertiary/aromatic N) is 3. The third-order valence-electron chi connectivity index (χ3n) is 5.72. The Labute approximate surface area is 197 Å². The van der Waals surface area contributed by atoms with Gasteiger partial charge in [0.25, 0.3) is 0 Å². The highest BCUT2D eigenvalue weighted by Crippen LogP contribution is 2.27. The molecule has 2 aromatic heterocycles. The molecule has 0 saturated heterocycles. The van der Waals surface area contributed by atoms with Crippen LogP contribution in [0.15, 0.2) is 60.9 Å². The van der Waals surface area contributed by atoms with Crippen LogP contribution in [0, 0.1) is 5.82 Å². The predicted molar refractivity (Wildman–Crippen MR) is 129 cm³/mol. The van der Waals surface area contributed by atoms with Gasteiger partial charge < -0.3 is 5.32 Å². The first-order chi connectivity index (χ1) is 15.6. The average Bonchev–Trinajstić information content (AvgIpc) is 3.23. The van der Waals surface area contributed by atoms with Gasteiger partial charge in [-0.3, -0.25) is 9.78 Å². The van der Waals surface area contributed by atoms with Gasteiger partial charge in [0, 0.05) is 23.2 Å². The fourth-order valence-electron chi connectivity index (χ4n) is 3.75. The molecule has 2 aromatic carbocycles. The van der Waals surface area contributed by atoms with Gasteiger partial charge in [0.1, 0.15) is 5.82 Å². The van der Waals surface area contributed by atoms with Crippen LogP contribution in [0.3, 0.4) is 0 Å². The van der Waals surface area contributed by atoms with E-state index in [0.29, 0.717) is 5.69 Å². The van der Waals surface area contributed by atoms with Crippen LogP contribution < -0.4 is 5.32 Å². The van der Waals surface area contributed by atoms with Crippen molar-refractivity contribution in [2.45, 2.75) is 45.6 Å². The number of carbonyl (C=O) groups excluding carboxylic acids is 1. The number of carbonyl (C=O) groups is 1. The van der Waals surface area contributed by atoms with Crippen LogP contribution in [0.5, 0.6) is 0 Å². The molecule has 4 aromatic rings. The van der Waals surface area contributed by atoms with E-state index in [-0.39, 0.29) is 28.8 Å². The minimum absolute atomic E-state index is 0.0226. The molecule has 4 rings (SSSR count). The van der Waals surface area contributed by atoms with Crippen molar-refractivity contribution >= 4 is 28.3 Å². The first-order valence-corrected chi connectivity index (χ1v) is 11.2. The SMILES string of the molecule is CC(C(=O)NCc1cc(C(C)(C)C)nn1-c1ccc(F)c(Cl)c1)c1cccc2cnccc12. The van der Waals surface area contributed by atoms with Gasteiger partial charge in [0.05, 0.1) is 34.6 Å². The number of hydrogen-bond donors (Lipinski definition) is 1. The van der Waals surface area contributed by atoms with E-state index in [1.807, 2.05) is 37.3 Å². The summed E-state index contributed by atoms with van der Waals surface area (Å²) in [7, 11) is 0. The molecule has 0 aliphatic heterocycles. The predicted octanol–water partition coefficient (Wildman–Crippen LogP) is 5.93. The highest BCUT2D eigenvalue weighted by Gasteiger charge is 2.22. The number of benzene rings is 2. The topological polar surface area (TPSA) is 59.8 Å². The number of halogens is 2. The van der Waals surface area contributed by atoms with E-state index in [1.165, 1.54) is 12.1 Å². The molecule has 0 bridgehead atoms. The lowest BCUT2D eigenvalue weighted by Gasteiger charge is -2.15. The van der Waals surface area contributed by atoms with E-state index in [1.54, 1.807) is 23.1 Å². The molecule has 0 saturated carbocycles. The van der Waals surface area contributed by atoms with Gasteiger partial charge in [-0.2, -0.15) is 5.10 Å². The molecule has 0 fully saturated rings. The highest BCUT2D eigenvalue weighted by atomic mass is 35.5. The second kappa shape index (κ2) is 8.94. The van der Waals surface area contributed by atoms with Gasteiger partial charge in [-0.05, 0) is 48.2 Å². The summed E-state index contributed by atoms with van der Waals surface area (Å²) in [6, 6.07) is 14.3. The van der Waals surface area contributed by atoms with E-state index < -0.39 is 5.82 Å². The van der Waals surface area contributed by atoms with Gasteiger partial charge in [0.15, 0.2) is 0 Å². The number of rotatable bonds is 5. The Morgan fingerprint density at radius 2 is 1.97 bits per heavy atom. The molecular weight excluding hydrogens is 439 g/mol. The Morgan fingerprint density at radius 1 is 1.18 bits per heavy atom. The Kier molecular flexibility index (Phi) is 6.21. The molecule has 1 unspecified atom stereocenters. The summed E-state index contributed by atoms with van der Waals surface area (Å²) in [6.07, 6.45) is 3.53. The molecule has 0 aliphatic rings. The van der Waals surface area contributed by atoms with Crippen LogP contribution in [-0.4, -0.2) is 20.7 Å². The Bertz CT molecular complexity index is 1320. The fourth-order valence-corrected chi connectivity index (χ4v) is 3.92. The summed E-state index contributed by atoms with van der Waals surface area (Å²) < 4.78 is 15.4. The lowest BCUT2D eigenvalue weighted by molar-refractivity contribution is -0.122. The summed E-state index contributed by atoms with van der Waals surface area (Å²) in [5.41, 5.74) is 3.03. The van der Waals surface area contributed by atoms with Gasteiger partial charge in [-0.25, -0.2) is 9.07 Å². The number of fused-ring (bicyclic) bond motifs is 1. The maximum atomic E-state index is 13.7. The van der Waals surface area contributed by atoms with Crippen molar-refractivity contribution in [1.29, 1.82) is 0 Å². The molecule has 1 amide bonds. The quantitative estimate of drug-likeness (QED) is 0.398. The zero-order valence-electron chi connectivity index (χ0n) is 19.1. The van der Waals surface area contributed by atoms with Crippen LogP contribution in [0.2, 0.25) is 5.02 Å². The smallest absolute Gasteiger partial charge is 0.227 e. The van der Waals surface area contributed by atoms with Crippen LogP contribution in [0.25, 0.3) is 16.5 Å². The number of pyridine rings is 1. The van der Waals surface area contributed by atoms with Crippen LogP contribution >= 0.6 is 11.6 Å². The van der Waals surface area contributed by atoms with Crippen molar-refractivity contribution in [2.24, 2.45) is 0 Å². The molecule has 5 nitrogen and oxygen atoms in total. The van der Waals surface area contributed by atoms with Crippen LogP contribution in [0.4, 0.5) is 4.39 Å². The average molecular weight is 465 g/mol. The van der Waals surface area contributed by atoms with Crippen molar-refractivity contribution in [3.05, 3.63) is 88.7 Å². The summed E-state index contributed by atoms with van der Waals surface area (Å²) >= 11 is 6.01. The van der Waals surface area contributed by atoms with E-state index in [9.17, 15) is 9.18 Å². The molecule has 0 spiro atoms. The molecule has 170 valence electrons. The minimum atomic E-state index is -0.488. The molecule has 0 radical (unpaired) electrons. The largest absolute Gasteiger partial charge is 0.350 e. The third-order valence-corrected chi connectivity index (χ3v) is 6.01. The molecule has 7 heteroatoms. The molecule has 1 N–H and O–H groups in total. The monoisotopic (exact) mass is 464 g/mol. The Balaban J connectivity index is 1.61. The number of hydrogen-bond acceptors (Lipinski definition) is 3. The number of amides is 1. The lowest BCUT2D eigenvalue weighted by atomic mass is 9.92. The summed E-state index contributed by atoms with van der Waals surface area (Å²) in [5, 5.41) is 9.79. The minimum Gasteiger partial charge on any atom is -0.350 e. The maximum absolute atomic E-state index is 13.7. The number of nitrogens with one attached hydrogen (secondary N) is 1. The number of aromatic nitrogens is 3. The zero-order chi connectivity index (χ0) is 23.8. The molecule has 2 heterocycles. The second-order valence-corrected chi connectivity index (χ2v) is 9.57. The zero-order valence-corrected chi connectivity index (χ0v) is 19.8. The van der Waals surface area contributed by atoms with Gasteiger partial charge >= 0.3 is 0 Å². The van der Waals surface area contributed by atoms with Crippen LogP contribution in [-0.2, 0) is 16.8 Å². The van der Waals surface area contributed by atoms with Crippen molar-refractivity contribution in [3.8, 4) is 5.69 Å². The molecule has 0 aliphatic carbocycles. The standard InChI is InChI=1S/C26H26ClFN4O/c1-16(20-7-5-6-17-14-29-11-10-21(17)20)25(33)30-15-19-13-24(26(2,3)4)31-32(19)18-8-9-23(28)22(27)12-18/h5-14,16H,15H2,1-4H3,(H,30,33). The van der Waals surface area contributed by atoms with Crippen molar-refractivity contribution in [2.75, 3.05) is 0 Å². The first kappa shape index (κ1) is 22.9. The van der Waals surface area contributed by atoms with Gasteiger partial charge in [-0.15, -0.1) is 0 Å². The van der Waals surface area contributed by atoms with E-state index >= 15 is 0 Å². The Morgan fingerprint density at radius 3 is 2.70 bits per heavy atom. The van der Waals surface area contributed by atoms with Crippen molar-refractivity contribution in [3.63, 3.8) is 0 Å². The third kappa shape index (κ3) is 4.76. The van der Waals surface area contributed by atoms with Crippen LogP contribution in [0.1, 0.15) is 50.6 Å².